The van der Waals surface area contributed by atoms with Crippen molar-refractivity contribution < 1.29 is 9.32 Å². The number of carbonyl (C=O) groups is 1. The van der Waals surface area contributed by atoms with Gasteiger partial charge in [-0.1, -0.05) is 17.3 Å². The van der Waals surface area contributed by atoms with Crippen LogP contribution >= 0.6 is 0 Å². The number of aryl methyl sites for hydroxylation is 1. The summed E-state index contributed by atoms with van der Waals surface area (Å²) in [7, 11) is 0. The number of aromatic nitrogens is 4. The zero-order chi connectivity index (χ0) is 17.8. The van der Waals surface area contributed by atoms with E-state index >= 15 is 0 Å². The first kappa shape index (κ1) is 16.4. The van der Waals surface area contributed by atoms with Gasteiger partial charge in [0.05, 0.1) is 0 Å². The van der Waals surface area contributed by atoms with Crippen molar-refractivity contribution in [3.63, 3.8) is 0 Å². The summed E-state index contributed by atoms with van der Waals surface area (Å²) in [5.74, 6) is 1.06. The molecular formula is C19H19N5O2. The Morgan fingerprint density at radius 3 is 2.77 bits per heavy atom. The van der Waals surface area contributed by atoms with E-state index in [2.05, 4.69) is 20.1 Å². The Kier molecular flexibility index (Phi) is 4.68. The summed E-state index contributed by atoms with van der Waals surface area (Å²) in [5.41, 5.74) is 1.16. The van der Waals surface area contributed by atoms with Crippen LogP contribution in [0, 0.1) is 0 Å². The fraction of sp³-hybridized carbons (Fsp3) is 0.316. The number of hydrogen-bond donors (Lipinski definition) is 0. The second-order valence-corrected chi connectivity index (χ2v) is 6.28. The molecule has 7 nitrogen and oxygen atoms in total. The third-order valence-corrected chi connectivity index (χ3v) is 4.58. The highest BCUT2D eigenvalue weighted by Crippen LogP contribution is 2.23. The van der Waals surface area contributed by atoms with E-state index in [1.54, 1.807) is 18.5 Å². The molecule has 1 atom stereocenters. The summed E-state index contributed by atoms with van der Waals surface area (Å²) < 4.78 is 5.30. The lowest BCUT2D eigenvalue weighted by molar-refractivity contribution is 0.0724. The highest BCUT2D eigenvalue weighted by Gasteiger charge is 2.30. The average molecular weight is 349 g/mol. The second kappa shape index (κ2) is 7.43. The predicted octanol–water partition coefficient (Wildman–Crippen LogP) is 2.76. The van der Waals surface area contributed by atoms with Gasteiger partial charge in [0.25, 0.3) is 11.8 Å². The topological polar surface area (TPSA) is 85.0 Å². The molecule has 3 aromatic heterocycles. The second-order valence-electron chi connectivity index (χ2n) is 6.28. The van der Waals surface area contributed by atoms with Crippen LogP contribution in [-0.4, -0.2) is 43.5 Å². The molecule has 0 spiro atoms. The largest absolute Gasteiger partial charge is 0.334 e. The number of carbonyl (C=O) groups excluding carboxylic acids is 1. The molecular weight excluding hydrogens is 330 g/mol. The van der Waals surface area contributed by atoms with Crippen LogP contribution in [0.5, 0.6) is 0 Å². The molecule has 1 amide bonds. The fourth-order valence-corrected chi connectivity index (χ4v) is 3.28. The van der Waals surface area contributed by atoms with Crippen LogP contribution in [0.4, 0.5) is 0 Å². The molecule has 4 heterocycles. The van der Waals surface area contributed by atoms with Gasteiger partial charge in [-0.3, -0.25) is 14.8 Å². The maximum atomic E-state index is 12.7. The minimum atomic E-state index is -0.00427. The first-order valence-electron chi connectivity index (χ1n) is 8.77. The van der Waals surface area contributed by atoms with Crippen molar-refractivity contribution in [2.75, 3.05) is 6.54 Å². The zero-order valence-corrected chi connectivity index (χ0v) is 14.3. The SMILES string of the molecule is O=C(c1ccccn1)N1CCCC1CCc1noc(-c2ccccn2)n1. The number of rotatable bonds is 5. The molecule has 1 fully saturated rings. The lowest BCUT2D eigenvalue weighted by Gasteiger charge is -2.24. The van der Waals surface area contributed by atoms with Crippen molar-refractivity contribution in [3.8, 4) is 11.6 Å². The number of hydrogen-bond acceptors (Lipinski definition) is 6. The van der Waals surface area contributed by atoms with Crippen LogP contribution in [-0.2, 0) is 6.42 Å². The molecule has 26 heavy (non-hydrogen) atoms. The smallest absolute Gasteiger partial charge is 0.276 e. The Labute approximate surface area is 151 Å². The normalized spacial score (nSPS) is 16.8. The highest BCUT2D eigenvalue weighted by atomic mass is 16.5. The maximum absolute atomic E-state index is 12.7. The van der Waals surface area contributed by atoms with Crippen molar-refractivity contribution in [2.45, 2.75) is 31.7 Å². The molecule has 1 aliphatic rings. The number of pyridine rings is 2. The molecule has 132 valence electrons. The summed E-state index contributed by atoms with van der Waals surface area (Å²) >= 11 is 0. The van der Waals surface area contributed by atoms with Crippen LogP contribution in [0.15, 0.2) is 53.3 Å². The van der Waals surface area contributed by atoms with E-state index in [0.717, 1.165) is 25.8 Å². The molecule has 3 aromatic rings. The molecule has 1 aliphatic heterocycles. The van der Waals surface area contributed by atoms with Gasteiger partial charge < -0.3 is 9.42 Å². The van der Waals surface area contributed by atoms with E-state index in [4.69, 9.17) is 4.52 Å². The van der Waals surface area contributed by atoms with Gasteiger partial charge >= 0.3 is 0 Å². The van der Waals surface area contributed by atoms with Gasteiger partial charge in [0.15, 0.2) is 5.82 Å². The van der Waals surface area contributed by atoms with Crippen LogP contribution < -0.4 is 0 Å². The third kappa shape index (κ3) is 3.46. The quantitative estimate of drug-likeness (QED) is 0.704. The first-order valence-corrected chi connectivity index (χ1v) is 8.77. The summed E-state index contributed by atoms with van der Waals surface area (Å²) in [4.78, 5) is 27.4. The summed E-state index contributed by atoms with van der Waals surface area (Å²) in [5, 5.41) is 4.04. The number of nitrogens with zero attached hydrogens (tertiary/aromatic N) is 5. The van der Waals surface area contributed by atoms with Crippen LogP contribution in [0.3, 0.4) is 0 Å². The monoisotopic (exact) mass is 349 g/mol. The Bertz CT molecular complexity index is 866. The van der Waals surface area contributed by atoms with Gasteiger partial charge in [-0.2, -0.15) is 4.98 Å². The number of amides is 1. The van der Waals surface area contributed by atoms with Crippen LogP contribution in [0.2, 0.25) is 0 Å². The minimum Gasteiger partial charge on any atom is -0.334 e. The first-order chi connectivity index (χ1) is 12.8. The zero-order valence-electron chi connectivity index (χ0n) is 14.3. The third-order valence-electron chi connectivity index (χ3n) is 4.58. The average Bonchev–Trinajstić information content (AvgIpc) is 3.36. The maximum Gasteiger partial charge on any atom is 0.276 e. The van der Waals surface area contributed by atoms with E-state index < -0.39 is 0 Å². The fourth-order valence-electron chi connectivity index (χ4n) is 3.28. The molecule has 0 aromatic carbocycles. The molecule has 0 bridgehead atoms. The van der Waals surface area contributed by atoms with E-state index in [1.807, 2.05) is 35.2 Å². The van der Waals surface area contributed by atoms with Crippen molar-refractivity contribution in [3.05, 3.63) is 60.3 Å². The molecule has 1 unspecified atom stereocenters. The van der Waals surface area contributed by atoms with Gasteiger partial charge in [-0.25, -0.2) is 0 Å². The lowest BCUT2D eigenvalue weighted by Crippen LogP contribution is -2.36. The molecule has 1 saturated heterocycles. The Morgan fingerprint density at radius 1 is 1.15 bits per heavy atom. The molecule has 0 N–H and O–H groups in total. The summed E-state index contributed by atoms with van der Waals surface area (Å²) in [6.07, 6.45) is 6.81. The summed E-state index contributed by atoms with van der Waals surface area (Å²) in [6.45, 7) is 0.769. The molecule has 7 heteroatoms. The van der Waals surface area contributed by atoms with Crippen LogP contribution in [0.25, 0.3) is 11.6 Å². The standard InChI is InChI=1S/C19H19N5O2/c25-19(16-8-2-4-12-21-16)24-13-5-6-14(24)9-10-17-22-18(26-23-17)15-7-1-3-11-20-15/h1-4,7-8,11-12,14H,5-6,9-10,13H2. The van der Waals surface area contributed by atoms with Crippen molar-refractivity contribution in [1.29, 1.82) is 0 Å². The van der Waals surface area contributed by atoms with Gasteiger partial charge in [0.2, 0.25) is 0 Å². The van der Waals surface area contributed by atoms with E-state index in [0.29, 0.717) is 29.5 Å². The Morgan fingerprint density at radius 2 is 2.00 bits per heavy atom. The van der Waals surface area contributed by atoms with Gasteiger partial charge in [-0.05, 0) is 43.5 Å². The van der Waals surface area contributed by atoms with E-state index in [-0.39, 0.29) is 11.9 Å². The molecule has 0 aliphatic carbocycles. The molecule has 0 saturated carbocycles. The van der Waals surface area contributed by atoms with Gasteiger partial charge in [-0.15, -0.1) is 0 Å². The lowest BCUT2D eigenvalue weighted by atomic mass is 10.1. The van der Waals surface area contributed by atoms with Crippen molar-refractivity contribution >= 4 is 5.91 Å². The number of likely N-dealkylation sites (tertiary alicyclic amines) is 1. The highest BCUT2D eigenvalue weighted by molar-refractivity contribution is 5.92. The minimum absolute atomic E-state index is 0.00427. The van der Waals surface area contributed by atoms with Gasteiger partial charge in [0, 0.05) is 31.4 Å². The van der Waals surface area contributed by atoms with Crippen molar-refractivity contribution in [1.82, 2.24) is 25.0 Å². The Balaban J connectivity index is 1.40. The van der Waals surface area contributed by atoms with E-state index in [9.17, 15) is 4.79 Å². The van der Waals surface area contributed by atoms with Crippen molar-refractivity contribution in [2.24, 2.45) is 0 Å². The molecule has 4 rings (SSSR count). The van der Waals surface area contributed by atoms with E-state index in [1.165, 1.54) is 0 Å². The molecule has 0 radical (unpaired) electrons. The summed E-state index contributed by atoms with van der Waals surface area (Å²) in [6, 6.07) is 11.1. The predicted molar refractivity (Wildman–Crippen MR) is 94.1 cm³/mol. The Hall–Kier alpha value is -3.09. The van der Waals surface area contributed by atoms with Gasteiger partial charge in [0.1, 0.15) is 11.4 Å². The van der Waals surface area contributed by atoms with Crippen LogP contribution in [0.1, 0.15) is 35.6 Å².